The molecular weight excluding hydrogens is 239 g/mol. The van der Waals surface area contributed by atoms with E-state index < -0.39 is 6.10 Å². The number of hydrogen-bond acceptors (Lipinski definition) is 1. The van der Waals surface area contributed by atoms with Crippen molar-refractivity contribution in [2.45, 2.75) is 39.2 Å². The number of rotatable bonds is 2. The molecule has 0 heterocycles. The smallest absolute Gasteiger partial charge is 0.123 e. The van der Waals surface area contributed by atoms with Crippen LogP contribution in [0, 0.1) is 11.7 Å². The minimum absolute atomic E-state index is 0.176. The van der Waals surface area contributed by atoms with Gasteiger partial charge in [-0.25, -0.2) is 4.39 Å². The maximum Gasteiger partial charge on any atom is 0.123 e. The van der Waals surface area contributed by atoms with Crippen molar-refractivity contribution in [2.24, 2.45) is 5.92 Å². The van der Waals surface area contributed by atoms with Gasteiger partial charge in [0, 0.05) is 5.88 Å². The molecule has 0 aliphatic heterocycles. The van der Waals surface area contributed by atoms with Gasteiger partial charge in [0.2, 0.25) is 0 Å². The van der Waals surface area contributed by atoms with Crippen molar-refractivity contribution in [2.75, 3.05) is 5.88 Å². The van der Waals surface area contributed by atoms with Gasteiger partial charge in [0.1, 0.15) is 5.82 Å². The van der Waals surface area contributed by atoms with Crippen LogP contribution >= 0.6 is 11.6 Å². The van der Waals surface area contributed by atoms with Crippen LogP contribution in [0.4, 0.5) is 4.39 Å². The third-order valence-corrected chi connectivity index (χ3v) is 3.45. The van der Waals surface area contributed by atoms with E-state index in [1.807, 2.05) is 19.9 Å². The lowest BCUT2D eigenvalue weighted by molar-refractivity contribution is 0.119. The molecule has 0 spiro atoms. The predicted molar refractivity (Wildman–Crippen MR) is 70.0 cm³/mol. The van der Waals surface area contributed by atoms with Gasteiger partial charge in [-0.1, -0.05) is 19.9 Å². The Bertz CT molecular complexity index is 354. The quantitative estimate of drug-likeness (QED) is 0.805. The van der Waals surface area contributed by atoms with Gasteiger partial charge < -0.3 is 5.11 Å². The topological polar surface area (TPSA) is 20.2 Å². The Kier molecular flexibility index (Phi) is 5.93. The molecule has 0 radical (unpaired) electrons. The molecule has 3 heteroatoms. The fourth-order valence-electron chi connectivity index (χ4n) is 2.21. The average molecular weight is 259 g/mol. The molecule has 1 N–H and O–H groups in total. The lowest BCUT2D eigenvalue weighted by atomic mass is 9.81. The minimum Gasteiger partial charge on any atom is -0.392 e. The van der Waals surface area contributed by atoms with Crippen molar-refractivity contribution in [3.05, 3.63) is 35.1 Å². The molecule has 0 aromatic heterocycles. The molecule has 0 bridgehead atoms. The Hall–Kier alpha value is -0.600. The van der Waals surface area contributed by atoms with Crippen molar-refractivity contribution in [3.63, 3.8) is 0 Å². The van der Waals surface area contributed by atoms with E-state index in [4.69, 9.17) is 11.6 Å². The minimum atomic E-state index is -0.440. The molecule has 0 fully saturated rings. The molecule has 96 valence electrons. The van der Waals surface area contributed by atoms with Crippen molar-refractivity contribution < 1.29 is 9.50 Å². The zero-order chi connectivity index (χ0) is 12.8. The number of benzene rings is 1. The van der Waals surface area contributed by atoms with E-state index in [-0.39, 0.29) is 17.6 Å². The monoisotopic (exact) mass is 258 g/mol. The fraction of sp³-hybridized carbons (Fsp3) is 0.571. The summed E-state index contributed by atoms with van der Waals surface area (Å²) in [5.74, 6) is 0.326. The summed E-state index contributed by atoms with van der Waals surface area (Å²) >= 11 is 5.63. The first-order chi connectivity index (χ1) is 8.20. The summed E-state index contributed by atoms with van der Waals surface area (Å²) < 4.78 is 12.9. The number of halogens is 2. The van der Waals surface area contributed by atoms with E-state index in [1.165, 1.54) is 6.07 Å². The Balaban J connectivity index is 0.000000686. The van der Waals surface area contributed by atoms with E-state index in [1.54, 1.807) is 6.07 Å². The van der Waals surface area contributed by atoms with Crippen LogP contribution in [-0.4, -0.2) is 17.1 Å². The Morgan fingerprint density at radius 3 is 2.76 bits per heavy atom. The van der Waals surface area contributed by atoms with Crippen molar-refractivity contribution in [3.8, 4) is 0 Å². The molecule has 1 aromatic rings. The van der Waals surface area contributed by atoms with Gasteiger partial charge in [-0.15, -0.1) is 11.6 Å². The number of fused-ring (bicyclic) bond motifs is 1. The normalized spacial score (nSPS) is 19.9. The van der Waals surface area contributed by atoms with Gasteiger partial charge in [0.15, 0.2) is 0 Å². The first-order valence-corrected chi connectivity index (χ1v) is 6.75. The fourth-order valence-corrected chi connectivity index (χ4v) is 2.46. The van der Waals surface area contributed by atoms with Gasteiger partial charge in [0.05, 0.1) is 6.10 Å². The summed E-state index contributed by atoms with van der Waals surface area (Å²) in [6, 6.07) is 4.89. The Labute approximate surface area is 108 Å². The summed E-state index contributed by atoms with van der Waals surface area (Å²) in [7, 11) is 0. The maximum absolute atomic E-state index is 12.9. The van der Waals surface area contributed by atoms with Crippen LogP contribution in [0.3, 0.4) is 0 Å². The molecule has 1 aliphatic rings. The summed E-state index contributed by atoms with van der Waals surface area (Å²) in [4.78, 5) is 0. The second-order valence-corrected chi connectivity index (χ2v) is 4.45. The molecule has 0 saturated heterocycles. The van der Waals surface area contributed by atoms with Crippen LogP contribution in [0.1, 0.15) is 31.4 Å². The number of aliphatic hydroxyl groups is 1. The zero-order valence-corrected chi connectivity index (χ0v) is 11.2. The number of hydrogen-bond donors (Lipinski definition) is 1. The molecule has 1 aliphatic carbocycles. The third kappa shape index (κ3) is 3.68. The molecular formula is C14H20ClFO. The van der Waals surface area contributed by atoms with Crippen LogP contribution in [0.25, 0.3) is 0 Å². The standard InChI is InChI=1S/C12H14ClFO.C2H6/c13-7-12(15)10-2-1-9-6-11(14)4-3-8(9)5-10;1-2/h3-4,6,10,12,15H,1-2,5,7H2;1-2H3. The summed E-state index contributed by atoms with van der Waals surface area (Å²) in [5, 5.41) is 9.66. The van der Waals surface area contributed by atoms with Gasteiger partial charge in [0.25, 0.3) is 0 Å². The lowest BCUT2D eigenvalue weighted by Crippen LogP contribution is -2.28. The Morgan fingerprint density at radius 2 is 2.12 bits per heavy atom. The van der Waals surface area contributed by atoms with E-state index >= 15 is 0 Å². The van der Waals surface area contributed by atoms with Gasteiger partial charge in [-0.3, -0.25) is 0 Å². The highest BCUT2D eigenvalue weighted by Gasteiger charge is 2.24. The molecule has 2 rings (SSSR count). The van der Waals surface area contributed by atoms with Crippen LogP contribution in [0.5, 0.6) is 0 Å². The molecule has 1 aromatic carbocycles. The maximum atomic E-state index is 12.9. The highest BCUT2D eigenvalue weighted by atomic mass is 35.5. The van der Waals surface area contributed by atoms with E-state index in [0.29, 0.717) is 0 Å². The van der Waals surface area contributed by atoms with Crippen molar-refractivity contribution in [1.29, 1.82) is 0 Å². The molecule has 0 amide bonds. The van der Waals surface area contributed by atoms with E-state index in [0.717, 1.165) is 30.4 Å². The number of aliphatic hydroxyl groups excluding tert-OH is 1. The summed E-state index contributed by atoms with van der Waals surface area (Å²) in [6.07, 6.45) is 2.10. The first-order valence-electron chi connectivity index (χ1n) is 6.22. The lowest BCUT2D eigenvalue weighted by Gasteiger charge is -2.27. The van der Waals surface area contributed by atoms with Gasteiger partial charge in [-0.2, -0.15) is 0 Å². The van der Waals surface area contributed by atoms with Gasteiger partial charge >= 0.3 is 0 Å². The zero-order valence-electron chi connectivity index (χ0n) is 10.4. The largest absolute Gasteiger partial charge is 0.392 e. The van der Waals surface area contributed by atoms with Crippen LogP contribution in [0.15, 0.2) is 18.2 Å². The van der Waals surface area contributed by atoms with Crippen molar-refractivity contribution >= 4 is 11.6 Å². The molecule has 0 saturated carbocycles. The summed E-state index contributed by atoms with van der Waals surface area (Å²) in [6.45, 7) is 4.00. The second kappa shape index (κ2) is 6.97. The highest BCUT2D eigenvalue weighted by molar-refractivity contribution is 6.18. The van der Waals surface area contributed by atoms with Crippen LogP contribution < -0.4 is 0 Å². The Morgan fingerprint density at radius 1 is 1.41 bits per heavy atom. The third-order valence-electron chi connectivity index (χ3n) is 3.14. The average Bonchev–Trinajstić information content (AvgIpc) is 2.39. The molecule has 1 nitrogen and oxygen atoms in total. The van der Waals surface area contributed by atoms with Crippen LogP contribution in [0.2, 0.25) is 0 Å². The molecule has 2 atom stereocenters. The van der Waals surface area contributed by atoms with Crippen molar-refractivity contribution in [1.82, 2.24) is 0 Å². The molecule has 17 heavy (non-hydrogen) atoms. The van der Waals surface area contributed by atoms with E-state index in [2.05, 4.69) is 0 Å². The second-order valence-electron chi connectivity index (χ2n) is 4.14. The van der Waals surface area contributed by atoms with Crippen LogP contribution in [-0.2, 0) is 12.8 Å². The summed E-state index contributed by atoms with van der Waals surface area (Å²) in [5.41, 5.74) is 2.23. The van der Waals surface area contributed by atoms with Gasteiger partial charge in [-0.05, 0) is 48.4 Å². The SMILES string of the molecule is CC.OC(CCl)C1CCc2cc(F)ccc2C1. The predicted octanol–water partition coefficient (Wildman–Crippen LogP) is 3.56. The number of alkyl halides is 1. The highest BCUT2D eigenvalue weighted by Crippen LogP contribution is 2.28. The van der Waals surface area contributed by atoms with E-state index in [9.17, 15) is 9.50 Å². The first kappa shape index (κ1) is 14.5. The number of aryl methyl sites for hydroxylation is 1. The molecule has 2 unspecified atom stereocenters.